The Hall–Kier alpha value is -1.14. The number of hydrogen-bond acceptors (Lipinski definition) is 6. The highest BCUT2D eigenvalue weighted by atomic mass is 16.4. The molecule has 2 atom stereocenters. The SMILES string of the molecule is CC(C)NCc1nnc(N2CCC(C)C2CO)o1. The highest BCUT2D eigenvalue weighted by Gasteiger charge is 2.33. The number of aromatic nitrogens is 2. The molecule has 0 aromatic carbocycles. The van der Waals surface area contributed by atoms with Crippen LogP contribution in [-0.4, -0.2) is 40.5 Å². The summed E-state index contributed by atoms with van der Waals surface area (Å²) in [6, 6.07) is 1.01. The summed E-state index contributed by atoms with van der Waals surface area (Å²) in [6.45, 7) is 7.85. The molecule has 2 unspecified atom stereocenters. The van der Waals surface area contributed by atoms with Gasteiger partial charge in [-0.25, -0.2) is 0 Å². The average molecular weight is 254 g/mol. The molecule has 2 heterocycles. The zero-order valence-electron chi connectivity index (χ0n) is 11.3. The molecule has 0 aliphatic carbocycles. The molecule has 2 rings (SSSR count). The van der Waals surface area contributed by atoms with Crippen LogP contribution in [0.2, 0.25) is 0 Å². The minimum atomic E-state index is 0.0938. The van der Waals surface area contributed by atoms with Crippen molar-refractivity contribution < 1.29 is 9.52 Å². The summed E-state index contributed by atoms with van der Waals surface area (Å²) in [5, 5.41) is 20.7. The zero-order chi connectivity index (χ0) is 13.1. The molecule has 0 saturated carbocycles. The Bertz CT molecular complexity index is 380. The van der Waals surface area contributed by atoms with Crippen molar-refractivity contribution in [3.05, 3.63) is 5.89 Å². The maximum absolute atomic E-state index is 9.41. The highest BCUT2D eigenvalue weighted by Crippen LogP contribution is 2.28. The minimum Gasteiger partial charge on any atom is -0.407 e. The van der Waals surface area contributed by atoms with Gasteiger partial charge in [-0.15, -0.1) is 5.10 Å². The third-order valence-electron chi connectivity index (χ3n) is 3.43. The number of nitrogens with zero attached hydrogens (tertiary/aromatic N) is 3. The molecule has 1 aliphatic rings. The molecule has 1 aromatic heterocycles. The van der Waals surface area contributed by atoms with Crippen LogP contribution in [0.4, 0.5) is 6.01 Å². The minimum absolute atomic E-state index is 0.0938. The summed E-state index contributed by atoms with van der Waals surface area (Å²) < 4.78 is 5.63. The molecular weight excluding hydrogens is 232 g/mol. The van der Waals surface area contributed by atoms with Crippen molar-refractivity contribution >= 4 is 6.01 Å². The molecule has 6 heteroatoms. The predicted molar refractivity (Wildman–Crippen MR) is 68.3 cm³/mol. The van der Waals surface area contributed by atoms with Gasteiger partial charge in [0, 0.05) is 12.6 Å². The van der Waals surface area contributed by atoms with Crippen LogP contribution < -0.4 is 10.2 Å². The van der Waals surface area contributed by atoms with E-state index in [9.17, 15) is 5.11 Å². The van der Waals surface area contributed by atoms with E-state index in [1.807, 2.05) is 4.90 Å². The van der Waals surface area contributed by atoms with Crippen LogP contribution in [-0.2, 0) is 6.54 Å². The maximum Gasteiger partial charge on any atom is 0.318 e. The van der Waals surface area contributed by atoms with E-state index < -0.39 is 0 Å². The van der Waals surface area contributed by atoms with Crippen LogP contribution in [0.3, 0.4) is 0 Å². The second-order valence-corrected chi connectivity index (χ2v) is 5.22. The summed E-state index contributed by atoms with van der Waals surface area (Å²) in [7, 11) is 0. The first-order valence-corrected chi connectivity index (χ1v) is 6.55. The van der Waals surface area contributed by atoms with Crippen molar-refractivity contribution in [1.82, 2.24) is 15.5 Å². The van der Waals surface area contributed by atoms with E-state index >= 15 is 0 Å². The fourth-order valence-corrected chi connectivity index (χ4v) is 2.25. The smallest absolute Gasteiger partial charge is 0.318 e. The van der Waals surface area contributed by atoms with Crippen LogP contribution in [0.1, 0.15) is 33.1 Å². The number of aliphatic hydroxyl groups is 1. The average Bonchev–Trinajstić information content (AvgIpc) is 2.92. The van der Waals surface area contributed by atoms with Gasteiger partial charge in [0.25, 0.3) is 0 Å². The number of nitrogens with one attached hydrogen (secondary N) is 1. The van der Waals surface area contributed by atoms with Crippen LogP contribution in [0, 0.1) is 5.92 Å². The van der Waals surface area contributed by atoms with E-state index in [4.69, 9.17) is 4.42 Å². The summed E-state index contributed by atoms with van der Waals surface area (Å²) in [5.74, 6) is 1.05. The molecular formula is C12H22N4O2. The predicted octanol–water partition coefficient (Wildman–Crippen LogP) is 0.775. The number of hydrogen-bond donors (Lipinski definition) is 2. The topological polar surface area (TPSA) is 74.4 Å². The van der Waals surface area contributed by atoms with Crippen LogP contribution in [0.25, 0.3) is 0 Å². The van der Waals surface area contributed by atoms with Crippen LogP contribution >= 0.6 is 0 Å². The third kappa shape index (κ3) is 2.81. The standard InChI is InChI=1S/C12H22N4O2/c1-8(2)13-6-11-14-15-12(18-11)16-5-4-9(3)10(16)7-17/h8-10,13,17H,4-7H2,1-3H3. The van der Waals surface area contributed by atoms with Crippen molar-refractivity contribution in [3.63, 3.8) is 0 Å². The molecule has 0 bridgehead atoms. The van der Waals surface area contributed by atoms with E-state index in [0.717, 1.165) is 13.0 Å². The molecule has 1 fully saturated rings. The number of anilines is 1. The Morgan fingerprint density at radius 1 is 1.50 bits per heavy atom. The second kappa shape index (κ2) is 5.67. The van der Waals surface area contributed by atoms with E-state index in [1.54, 1.807) is 0 Å². The summed E-state index contributed by atoms with van der Waals surface area (Å²) in [5.41, 5.74) is 0. The van der Waals surface area contributed by atoms with Crippen LogP contribution in [0.5, 0.6) is 0 Å². The zero-order valence-corrected chi connectivity index (χ0v) is 11.3. The molecule has 0 amide bonds. The highest BCUT2D eigenvalue weighted by molar-refractivity contribution is 5.29. The summed E-state index contributed by atoms with van der Waals surface area (Å²) >= 11 is 0. The van der Waals surface area contributed by atoms with Gasteiger partial charge in [0.1, 0.15) is 0 Å². The molecule has 18 heavy (non-hydrogen) atoms. The third-order valence-corrected chi connectivity index (χ3v) is 3.43. The van der Waals surface area contributed by atoms with Gasteiger partial charge in [-0.05, 0) is 12.3 Å². The van der Waals surface area contributed by atoms with Crippen molar-refractivity contribution in [2.24, 2.45) is 5.92 Å². The lowest BCUT2D eigenvalue weighted by Gasteiger charge is -2.22. The Morgan fingerprint density at radius 3 is 2.94 bits per heavy atom. The van der Waals surface area contributed by atoms with Crippen LogP contribution in [0.15, 0.2) is 4.42 Å². The molecule has 0 spiro atoms. The van der Waals surface area contributed by atoms with Crippen molar-refractivity contribution in [3.8, 4) is 0 Å². The first-order valence-electron chi connectivity index (χ1n) is 6.55. The van der Waals surface area contributed by atoms with Crippen molar-refractivity contribution in [1.29, 1.82) is 0 Å². The first kappa shape index (κ1) is 13.3. The summed E-state index contributed by atoms with van der Waals surface area (Å²) in [6.07, 6.45) is 1.05. The summed E-state index contributed by atoms with van der Waals surface area (Å²) in [4.78, 5) is 2.01. The van der Waals surface area contributed by atoms with Gasteiger partial charge in [-0.1, -0.05) is 25.9 Å². The monoisotopic (exact) mass is 254 g/mol. The lowest BCUT2D eigenvalue weighted by atomic mass is 10.0. The van der Waals surface area contributed by atoms with E-state index in [2.05, 4.69) is 36.3 Å². The fraction of sp³-hybridized carbons (Fsp3) is 0.833. The quantitative estimate of drug-likeness (QED) is 0.808. The van der Waals surface area contributed by atoms with Gasteiger partial charge in [0.15, 0.2) is 0 Å². The maximum atomic E-state index is 9.41. The molecule has 6 nitrogen and oxygen atoms in total. The number of rotatable bonds is 5. The first-order chi connectivity index (χ1) is 8.61. The lowest BCUT2D eigenvalue weighted by Crippen LogP contribution is -2.35. The van der Waals surface area contributed by atoms with Gasteiger partial charge in [-0.2, -0.15) is 0 Å². The molecule has 102 valence electrons. The lowest BCUT2D eigenvalue weighted by molar-refractivity contribution is 0.241. The van der Waals surface area contributed by atoms with Crippen molar-refractivity contribution in [2.45, 2.75) is 45.8 Å². The molecule has 2 N–H and O–H groups in total. The largest absolute Gasteiger partial charge is 0.407 e. The number of aliphatic hydroxyl groups excluding tert-OH is 1. The molecule has 0 radical (unpaired) electrons. The van der Waals surface area contributed by atoms with E-state index in [-0.39, 0.29) is 12.6 Å². The Balaban J connectivity index is 2.01. The normalized spacial score (nSPS) is 24.2. The Kier molecular flexibility index (Phi) is 4.19. The Morgan fingerprint density at radius 2 is 2.28 bits per heavy atom. The second-order valence-electron chi connectivity index (χ2n) is 5.22. The molecule has 1 aromatic rings. The van der Waals surface area contributed by atoms with E-state index in [1.165, 1.54) is 0 Å². The van der Waals surface area contributed by atoms with Gasteiger partial charge in [0.05, 0.1) is 19.2 Å². The molecule has 1 aliphatic heterocycles. The van der Waals surface area contributed by atoms with E-state index in [0.29, 0.717) is 30.4 Å². The fourth-order valence-electron chi connectivity index (χ4n) is 2.25. The van der Waals surface area contributed by atoms with Crippen molar-refractivity contribution in [2.75, 3.05) is 18.1 Å². The van der Waals surface area contributed by atoms with Gasteiger partial charge >= 0.3 is 6.01 Å². The van der Waals surface area contributed by atoms with Gasteiger partial charge in [-0.3, -0.25) is 0 Å². The Labute approximate surface area is 107 Å². The molecule has 1 saturated heterocycles. The van der Waals surface area contributed by atoms with Gasteiger partial charge < -0.3 is 19.7 Å². The van der Waals surface area contributed by atoms with Gasteiger partial charge in [0.2, 0.25) is 5.89 Å².